The van der Waals surface area contributed by atoms with Crippen molar-refractivity contribution in [3.8, 4) is 0 Å². The van der Waals surface area contributed by atoms with Crippen molar-refractivity contribution in [2.75, 3.05) is 6.61 Å². The van der Waals surface area contributed by atoms with Crippen LogP contribution in [0, 0.1) is 0 Å². The third-order valence-electron chi connectivity index (χ3n) is 4.11. The molecular formula is C18H19NO4. The Morgan fingerprint density at radius 3 is 2.74 bits per heavy atom. The molecule has 1 heterocycles. The molecule has 120 valence electrons. The van der Waals surface area contributed by atoms with E-state index in [4.69, 9.17) is 15.2 Å². The Balaban J connectivity index is 2.15. The Hall–Kier alpha value is -2.56. The van der Waals surface area contributed by atoms with Gasteiger partial charge in [-0.2, -0.15) is 0 Å². The summed E-state index contributed by atoms with van der Waals surface area (Å²) >= 11 is 0. The lowest BCUT2D eigenvalue weighted by molar-refractivity contribution is -0.139. The Labute approximate surface area is 134 Å². The summed E-state index contributed by atoms with van der Waals surface area (Å²) < 4.78 is 10.7. The lowest BCUT2D eigenvalue weighted by atomic mass is 9.77. The highest BCUT2D eigenvalue weighted by atomic mass is 16.5. The number of ether oxygens (including phenoxy) is 2. The van der Waals surface area contributed by atoms with Crippen LogP contribution in [-0.4, -0.2) is 18.4 Å². The Kier molecular flexibility index (Phi) is 4.19. The number of rotatable bonds is 3. The van der Waals surface area contributed by atoms with Gasteiger partial charge in [-0.25, -0.2) is 4.79 Å². The number of allylic oxidation sites excluding steroid dienone is 2. The largest absolute Gasteiger partial charge is 0.462 e. The smallest absolute Gasteiger partial charge is 0.340 e. The maximum absolute atomic E-state index is 12.5. The average Bonchev–Trinajstić information content (AvgIpc) is 2.54. The minimum absolute atomic E-state index is 0.00871. The van der Waals surface area contributed by atoms with Crippen molar-refractivity contribution in [3.05, 3.63) is 58.7 Å². The van der Waals surface area contributed by atoms with E-state index in [0.717, 1.165) is 12.0 Å². The quantitative estimate of drug-likeness (QED) is 0.868. The summed E-state index contributed by atoms with van der Waals surface area (Å²) in [5, 5.41) is 0. The van der Waals surface area contributed by atoms with Crippen LogP contribution in [-0.2, 0) is 19.1 Å². The fourth-order valence-electron chi connectivity index (χ4n) is 3.14. The number of esters is 1. The van der Waals surface area contributed by atoms with E-state index in [9.17, 15) is 9.59 Å². The summed E-state index contributed by atoms with van der Waals surface area (Å²) in [6.45, 7) is 1.96. The van der Waals surface area contributed by atoms with E-state index in [1.54, 1.807) is 6.92 Å². The van der Waals surface area contributed by atoms with Crippen LogP contribution in [0.15, 0.2) is 53.1 Å². The first-order chi connectivity index (χ1) is 11.1. The van der Waals surface area contributed by atoms with Crippen molar-refractivity contribution in [3.63, 3.8) is 0 Å². The summed E-state index contributed by atoms with van der Waals surface area (Å²) in [5.74, 6) is -0.434. The van der Waals surface area contributed by atoms with Gasteiger partial charge in [0.2, 0.25) is 5.88 Å². The molecule has 1 aromatic rings. The Morgan fingerprint density at radius 1 is 1.30 bits per heavy atom. The molecular weight excluding hydrogens is 294 g/mol. The van der Waals surface area contributed by atoms with Crippen molar-refractivity contribution in [1.82, 2.24) is 0 Å². The van der Waals surface area contributed by atoms with Gasteiger partial charge in [0.15, 0.2) is 5.78 Å². The maximum Gasteiger partial charge on any atom is 0.340 e. The molecule has 0 radical (unpaired) electrons. The molecule has 5 heteroatoms. The molecule has 1 atom stereocenters. The zero-order valence-corrected chi connectivity index (χ0v) is 13.0. The summed E-state index contributed by atoms with van der Waals surface area (Å²) in [5.41, 5.74) is 7.60. The molecule has 0 amide bonds. The molecule has 0 saturated carbocycles. The van der Waals surface area contributed by atoms with Crippen molar-refractivity contribution in [1.29, 1.82) is 0 Å². The van der Waals surface area contributed by atoms with Crippen LogP contribution in [0.5, 0.6) is 0 Å². The first-order valence-electron chi connectivity index (χ1n) is 7.79. The second kappa shape index (κ2) is 6.28. The number of hydrogen-bond donors (Lipinski definition) is 1. The molecule has 1 aliphatic carbocycles. The van der Waals surface area contributed by atoms with E-state index in [-0.39, 0.29) is 23.8 Å². The van der Waals surface area contributed by atoms with Gasteiger partial charge >= 0.3 is 5.97 Å². The highest BCUT2D eigenvalue weighted by Gasteiger charge is 2.40. The average molecular weight is 313 g/mol. The molecule has 0 bridgehead atoms. The predicted molar refractivity (Wildman–Crippen MR) is 84.0 cm³/mol. The summed E-state index contributed by atoms with van der Waals surface area (Å²) in [4.78, 5) is 24.9. The monoisotopic (exact) mass is 313 g/mol. The van der Waals surface area contributed by atoms with Gasteiger partial charge in [-0.15, -0.1) is 0 Å². The van der Waals surface area contributed by atoms with Gasteiger partial charge < -0.3 is 15.2 Å². The number of carbonyl (C=O) groups is 2. The zero-order chi connectivity index (χ0) is 16.4. The first kappa shape index (κ1) is 15.3. The minimum Gasteiger partial charge on any atom is -0.462 e. The number of ketones is 1. The molecule has 1 aliphatic heterocycles. The van der Waals surface area contributed by atoms with Gasteiger partial charge in [0.05, 0.1) is 12.5 Å². The zero-order valence-electron chi connectivity index (χ0n) is 13.0. The molecule has 2 aliphatic rings. The fourth-order valence-corrected chi connectivity index (χ4v) is 3.14. The van der Waals surface area contributed by atoms with E-state index in [2.05, 4.69) is 0 Å². The van der Waals surface area contributed by atoms with Crippen molar-refractivity contribution >= 4 is 11.8 Å². The van der Waals surface area contributed by atoms with Crippen LogP contribution in [0.25, 0.3) is 0 Å². The SMILES string of the molecule is CCOC(=O)C1=C(N)OC2=C(C(=O)CCC2)[C@@H]1c1ccccc1. The maximum atomic E-state index is 12.5. The van der Waals surface area contributed by atoms with Crippen molar-refractivity contribution in [2.24, 2.45) is 5.73 Å². The van der Waals surface area contributed by atoms with E-state index in [1.165, 1.54) is 0 Å². The van der Waals surface area contributed by atoms with Crippen molar-refractivity contribution < 1.29 is 19.1 Å². The predicted octanol–water partition coefficient (Wildman–Crippen LogP) is 2.54. The number of nitrogens with two attached hydrogens (primary N) is 1. The molecule has 0 fully saturated rings. The number of benzene rings is 1. The Morgan fingerprint density at radius 2 is 2.04 bits per heavy atom. The molecule has 1 aromatic carbocycles. The third-order valence-corrected chi connectivity index (χ3v) is 4.11. The highest BCUT2D eigenvalue weighted by molar-refractivity contribution is 6.03. The first-order valence-corrected chi connectivity index (χ1v) is 7.79. The summed E-state index contributed by atoms with van der Waals surface area (Å²) in [7, 11) is 0. The van der Waals surface area contributed by atoms with E-state index in [0.29, 0.717) is 24.2 Å². The molecule has 3 rings (SSSR count). The molecule has 0 unspecified atom stereocenters. The second-order valence-electron chi connectivity index (χ2n) is 5.56. The van der Waals surface area contributed by atoms with E-state index in [1.807, 2.05) is 30.3 Å². The van der Waals surface area contributed by atoms with Crippen LogP contribution >= 0.6 is 0 Å². The van der Waals surface area contributed by atoms with Gasteiger partial charge in [0.25, 0.3) is 0 Å². The minimum atomic E-state index is -0.538. The summed E-state index contributed by atoms with van der Waals surface area (Å²) in [6.07, 6.45) is 1.85. The van der Waals surface area contributed by atoms with Crippen LogP contribution < -0.4 is 5.73 Å². The normalized spacial score (nSPS) is 20.9. The molecule has 0 saturated heterocycles. The van der Waals surface area contributed by atoms with Crippen LogP contribution in [0.2, 0.25) is 0 Å². The van der Waals surface area contributed by atoms with E-state index >= 15 is 0 Å². The van der Waals surface area contributed by atoms with Gasteiger partial charge in [-0.3, -0.25) is 4.79 Å². The third kappa shape index (κ3) is 2.74. The standard InChI is InChI=1S/C18H19NO4/c1-2-22-18(21)16-14(11-7-4-3-5-8-11)15-12(20)9-6-10-13(15)23-17(16)19/h3-5,7-8,14H,2,6,9-10,19H2,1H3/t14-/m0/s1. The second-order valence-corrected chi connectivity index (χ2v) is 5.56. The van der Waals surface area contributed by atoms with E-state index < -0.39 is 11.9 Å². The van der Waals surface area contributed by atoms with Gasteiger partial charge in [-0.05, 0) is 18.9 Å². The fraction of sp³-hybridized carbons (Fsp3) is 0.333. The van der Waals surface area contributed by atoms with Crippen LogP contribution in [0.4, 0.5) is 0 Å². The number of carbonyl (C=O) groups excluding carboxylic acids is 2. The number of hydrogen-bond acceptors (Lipinski definition) is 5. The lowest BCUT2D eigenvalue weighted by Gasteiger charge is -2.32. The van der Waals surface area contributed by atoms with Crippen molar-refractivity contribution in [2.45, 2.75) is 32.1 Å². The lowest BCUT2D eigenvalue weighted by Crippen LogP contribution is -2.31. The van der Waals surface area contributed by atoms with Gasteiger partial charge in [0.1, 0.15) is 11.3 Å². The van der Waals surface area contributed by atoms with Gasteiger partial charge in [-0.1, -0.05) is 30.3 Å². The highest BCUT2D eigenvalue weighted by Crippen LogP contribution is 2.43. The molecule has 2 N–H and O–H groups in total. The topological polar surface area (TPSA) is 78.6 Å². The molecule has 5 nitrogen and oxygen atoms in total. The Bertz CT molecular complexity index is 703. The molecule has 0 aromatic heterocycles. The molecule has 23 heavy (non-hydrogen) atoms. The summed E-state index contributed by atoms with van der Waals surface area (Å²) in [6, 6.07) is 9.40. The van der Waals surface area contributed by atoms with Crippen LogP contribution in [0.3, 0.4) is 0 Å². The number of Topliss-reactive ketones (excluding diaryl/α,β-unsaturated/α-hetero) is 1. The van der Waals surface area contributed by atoms with Crippen LogP contribution in [0.1, 0.15) is 37.7 Å². The molecule has 0 spiro atoms. The van der Waals surface area contributed by atoms with Gasteiger partial charge in [0, 0.05) is 18.4 Å².